The summed E-state index contributed by atoms with van der Waals surface area (Å²) in [7, 11) is 1.71. The molecule has 4 nitrogen and oxygen atoms in total. The van der Waals surface area contributed by atoms with E-state index in [0.29, 0.717) is 0 Å². The van der Waals surface area contributed by atoms with E-state index in [0.717, 1.165) is 70.2 Å². The normalized spacial score (nSPS) is 15.5. The van der Waals surface area contributed by atoms with Crippen LogP contribution in [0.3, 0.4) is 0 Å². The highest BCUT2D eigenvalue weighted by molar-refractivity contribution is 5.33. The maximum atomic E-state index is 5.91. The van der Waals surface area contributed by atoms with Gasteiger partial charge in [0.2, 0.25) is 0 Å². The van der Waals surface area contributed by atoms with Gasteiger partial charge in [0.25, 0.3) is 0 Å². The molecule has 1 saturated heterocycles. The summed E-state index contributed by atoms with van der Waals surface area (Å²) in [5.74, 6) is 1.92. The fourth-order valence-corrected chi connectivity index (χ4v) is 3.60. The Bertz CT molecular complexity index is 722. The monoisotopic (exact) mass is 382 g/mol. The molecule has 2 aromatic rings. The maximum Gasteiger partial charge on any atom is 0.119 e. The Morgan fingerprint density at radius 2 is 1.43 bits per heavy atom. The third-order valence-corrected chi connectivity index (χ3v) is 5.71. The van der Waals surface area contributed by atoms with Gasteiger partial charge in [-0.15, -0.1) is 0 Å². The number of hydrogen-bond donors (Lipinski definition) is 0. The molecule has 0 radical (unpaired) electrons. The SMILES string of the molecule is COc1ccc(CCN2CCN(CCCOc3ccc(C)c(C)c3)CC2)cc1. The fourth-order valence-electron chi connectivity index (χ4n) is 3.60. The summed E-state index contributed by atoms with van der Waals surface area (Å²) in [5, 5.41) is 0. The molecule has 2 aromatic carbocycles. The minimum absolute atomic E-state index is 0.792. The molecular formula is C24H34N2O2. The fraction of sp³-hybridized carbons (Fsp3) is 0.500. The Kier molecular flexibility index (Phi) is 7.75. The quantitative estimate of drug-likeness (QED) is 0.613. The number of benzene rings is 2. The van der Waals surface area contributed by atoms with Crippen LogP contribution < -0.4 is 9.47 Å². The van der Waals surface area contributed by atoms with Crippen molar-refractivity contribution in [3.8, 4) is 11.5 Å². The minimum Gasteiger partial charge on any atom is -0.497 e. The lowest BCUT2D eigenvalue weighted by molar-refractivity contribution is 0.127. The summed E-state index contributed by atoms with van der Waals surface area (Å²) in [6.45, 7) is 12.0. The zero-order chi connectivity index (χ0) is 19.8. The number of hydrogen-bond acceptors (Lipinski definition) is 4. The summed E-state index contributed by atoms with van der Waals surface area (Å²) in [6.07, 6.45) is 2.19. The third-order valence-electron chi connectivity index (χ3n) is 5.71. The number of rotatable bonds is 9. The van der Waals surface area contributed by atoms with Crippen LogP contribution in [-0.2, 0) is 6.42 Å². The maximum absolute atomic E-state index is 5.91. The smallest absolute Gasteiger partial charge is 0.119 e. The van der Waals surface area contributed by atoms with E-state index in [1.165, 1.54) is 16.7 Å². The van der Waals surface area contributed by atoms with Gasteiger partial charge in [-0.25, -0.2) is 0 Å². The zero-order valence-electron chi connectivity index (χ0n) is 17.6. The second-order valence-corrected chi connectivity index (χ2v) is 7.73. The van der Waals surface area contributed by atoms with Crippen LogP contribution in [0.5, 0.6) is 11.5 Å². The molecular weight excluding hydrogens is 348 g/mol. The molecule has 0 N–H and O–H groups in total. The molecule has 1 aliphatic rings. The number of ether oxygens (including phenoxy) is 2. The Morgan fingerprint density at radius 3 is 2.07 bits per heavy atom. The van der Waals surface area contributed by atoms with E-state index < -0.39 is 0 Å². The number of aryl methyl sites for hydroxylation is 2. The van der Waals surface area contributed by atoms with Crippen molar-refractivity contribution in [1.29, 1.82) is 0 Å². The van der Waals surface area contributed by atoms with Gasteiger partial charge in [-0.1, -0.05) is 18.2 Å². The van der Waals surface area contributed by atoms with Crippen LogP contribution >= 0.6 is 0 Å². The predicted octanol–water partition coefficient (Wildman–Crippen LogP) is 3.94. The van der Waals surface area contributed by atoms with E-state index in [4.69, 9.17) is 9.47 Å². The second-order valence-electron chi connectivity index (χ2n) is 7.73. The van der Waals surface area contributed by atoms with Crippen LogP contribution in [0.15, 0.2) is 42.5 Å². The van der Waals surface area contributed by atoms with Crippen molar-refractivity contribution in [2.45, 2.75) is 26.7 Å². The van der Waals surface area contributed by atoms with Crippen LogP contribution in [0.25, 0.3) is 0 Å². The van der Waals surface area contributed by atoms with E-state index in [9.17, 15) is 0 Å². The van der Waals surface area contributed by atoms with Crippen molar-refractivity contribution in [3.05, 3.63) is 59.2 Å². The van der Waals surface area contributed by atoms with E-state index in [-0.39, 0.29) is 0 Å². The average molecular weight is 383 g/mol. The summed E-state index contributed by atoms with van der Waals surface area (Å²) in [6, 6.07) is 14.8. The lowest BCUT2D eigenvalue weighted by atomic mass is 10.1. The van der Waals surface area contributed by atoms with Gasteiger partial charge >= 0.3 is 0 Å². The van der Waals surface area contributed by atoms with Gasteiger partial charge in [-0.05, 0) is 67.6 Å². The molecule has 1 heterocycles. The van der Waals surface area contributed by atoms with Crippen LogP contribution in [-0.4, -0.2) is 62.8 Å². The summed E-state index contributed by atoms with van der Waals surface area (Å²) < 4.78 is 11.1. The van der Waals surface area contributed by atoms with Gasteiger partial charge in [0, 0.05) is 39.3 Å². The summed E-state index contributed by atoms with van der Waals surface area (Å²) in [4.78, 5) is 5.14. The minimum atomic E-state index is 0.792. The van der Waals surface area contributed by atoms with Crippen LogP contribution in [0.2, 0.25) is 0 Å². The van der Waals surface area contributed by atoms with Crippen molar-refractivity contribution >= 4 is 0 Å². The predicted molar refractivity (Wildman–Crippen MR) is 116 cm³/mol. The average Bonchev–Trinajstić information content (AvgIpc) is 2.73. The molecule has 0 saturated carbocycles. The van der Waals surface area contributed by atoms with Gasteiger partial charge in [0.05, 0.1) is 13.7 Å². The summed E-state index contributed by atoms with van der Waals surface area (Å²) in [5.41, 5.74) is 3.99. The lowest BCUT2D eigenvalue weighted by Crippen LogP contribution is -2.47. The molecule has 0 atom stereocenters. The Morgan fingerprint density at radius 1 is 0.786 bits per heavy atom. The van der Waals surface area contributed by atoms with Crippen LogP contribution in [0.4, 0.5) is 0 Å². The number of nitrogens with zero attached hydrogens (tertiary/aromatic N) is 2. The van der Waals surface area contributed by atoms with Crippen LogP contribution in [0.1, 0.15) is 23.1 Å². The largest absolute Gasteiger partial charge is 0.497 e. The number of methoxy groups -OCH3 is 1. The highest BCUT2D eigenvalue weighted by Crippen LogP contribution is 2.17. The van der Waals surface area contributed by atoms with Gasteiger partial charge in [-0.2, -0.15) is 0 Å². The van der Waals surface area contributed by atoms with Crippen molar-refractivity contribution < 1.29 is 9.47 Å². The van der Waals surface area contributed by atoms with Gasteiger partial charge in [-0.3, -0.25) is 0 Å². The first-order valence-corrected chi connectivity index (χ1v) is 10.4. The topological polar surface area (TPSA) is 24.9 Å². The lowest BCUT2D eigenvalue weighted by Gasteiger charge is -2.34. The molecule has 152 valence electrons. The van der Waals surface area contributed by atoms with Crippen molar-refractivity contribution in [3.63, 3.8) is 0 Å². The molecule has 0 amide bonds. The Balaban J connectivity index is 1.29. The molecule has 0 aliphatic carbocycles. The molecule has 3 rings (SSSR count). The van der Waals surface area contributed by atoms with Gasteiger partial charge in [0.1, 0.15) is 11.5 Å². The zero-order valence-corrected chi connectivity index (χ0v) is 17.6. The Labute approximate surface area is 170 Å². The van der Waals surface area contributed by atoms with Crippen LogP contribution in [0, 0.1) is 13.8 Å². The highest BCUT2D eigenvalue weighted by atomic mass is 16.5. The molecule has 28 heavy (non-hydrogen) atoms. The molecule has 0 bridgehead atoms. The molecule has 1 fully saturated rings. The molecule has 0 spiro atoms. The summed E-state index contributed by atoms with van der Waals surface area (Å²) >= 11 is 0. The van der Waals surface area contributed by atoms with E-state index >= 15 is 0 Å². The van der Waals surface area contributed by atoms with Crippen molar-refractivity contribution in [1.82, 2.24) is 9.80 Å². The van der Waals surface area contributed by atoms with Crippen molar-refractivity contribution in [2.75, 3.05) is 53.0 Å². The first-order valence-electron chi connectivity index (χ1n) is 10.4. The number of piperazine rings is 1. The standard InChI is InChI=1S/C24H34N2O2/c1-20-5-8-24(19-21(20)2)28-18-4-12-25-14-16-26(17-15-25)13-11-22-6-9-23(27-3)10-7-22/h5-10,19H,4,11-18H2,1-3H3. The van der Waals surface area contributed by atoms with Gasteiger partial charge in [0.15, 0.2) is 0 Å². The third kappa shape index (κ3) is 6.25. The Hall–Kier alpha value is -2.04. The molecule has 0 aromatic heterocycles. The first-order chi connectivity index (χ1) is 13.6. The molecule has 0 unspecified atom stereocenters. The van der Waals surface area contributed by atoms with E-state index in [2.05, 4.69) is 54.0 Å². The second kappa shape index (κ2) is 10.5. The highest BCUT2D eigenvalue weighted by Gasteiger charge is 2.16. The first kappa shape index (κ1) is 20.7. The molecule has 4 heteroatoms. The molecule has 1 aliphatic heterocycles. The van der Waals surface area contributed by atoms with Crippen molar-refractivity contribution in [2.24, 2.45) is 0 Å². The van der Waals surface area contributed by atoms with E-state index in [1.54, 1.807) is 7.11 Å². The van der Waals surface area contributed by atoms with Gasteiger partial charge < -0.3 is 19.3 Å². The van der Waals surface area contributed by atoms with E-state index in [1.807, 2.05) is 12.1 Å².